The van der Waals surface area contributed by atoms with Crippen LogP contribution >= 0.6 is 0 Å². The Balaban J connectivity index is 2.34. The fraction of sp³-hybridized carbons (Fsp3) is 0.235. The van der Waals surface area contributed by atoms with Gasteiger partial charge in [-0.1, -0.05) is 43.3 Å². The van der Waals surface area contributed by atoms with Crippen LogP contribution in [-0.4, -0.2) is 11.1 Å². The van der Waals surface area contributed by atoms with E-state index in [4.69, 9.17) is 0 Å². The third-order valence-electron chi connectivity index (χ3n) is 3.32. The molecule has 20 heavy (non-hydrogen) atoms. The van der Waals surface area contributed by atoms with Gasteiger partial charge in [0.25, 0.3) is 0 Å². The van der Waals surface area contributed by atoms with Crippen LogP contribution in [-0.2, 0) is 11.2 Å². The van der Waals surface area contributed by atoms with Crippen molar-refractivity contribution >= 4 is 11.7 Å². The maximum absolute atomic E-state index is 11.6. The number of rotatable bonds is 5. The second-order valence-corrected chi connectivity index (χ2v) is 4.84. The van der Waals surface area contributed by atoms with E-state index in [1.165, 1.54) is 0 Å². The average molecular weight is 269 g/mol. The smallest absolute Gasteiger partial charge is 0.330 e. The largest absolute Gasteiger partial charge is 0.479 e. The van der Waals surface area contributed by atoms with Gasteiger partial charge in [-0.25, -0.2) is 4.79 Å². The number of carbonyl (C=O) groups is 1. The second kappa shape index (κ2) is 6.24. The number of anilines is 1. The minimum absolute atomic E-state index is 0.729. The summed E-state index contributed by atoms with van der Waals surface area (Å²) in [5.41, 5.74) is 3.80. The normalized spacial score (nSPS) is 11.9. The fourth-order valence-electron chi connectivity index (χ4n) is 2.31. The fourth-order valence-corrected chi connectivity index (χ4v) is 2.31. The van der Waals surface area contributed by atoms with E-state index in [1.807, 2.05) is 62.4 Å². The molecule has 1 unspecified atom stereocenters. The van der Waals surface area contributed by atoms with Gasteiger partial charge in [-0.05, 0) is 42.2 Å². The van der Waals surface area contributed by atoms with Crippen molar-refractivity contribution in [1.29, 1.82) is 0 Å². The van der Waals surface area contributed by atoms with Crippen molar-refractivity contribution < 1.29 is 9.90 Å². The van der Waals surface area contributed by atoms with Gasteiger partial charge < -0.3 is 10.4 Å². The summed E-state index contributed by atoms with van der Waals surface area (Å²) in [6.45, 7) is 4.02. The molecule has 2 rings (SSSR count). The number of aliphatic carboxylic acids is 1. The Hall–Kier alpha value is -2.29. The first-order valence-electron chi connectivity index (χ1n) is 6.75. The van der Waals surface area contributed by atoms with Gasteiger partial charge in [0, 0.05) is 5.69 Å². The number of nitrogens with one attached hydrogen (secondary N) is 1. The Labute approximate surface area is 119 Å². The van der Waals surface area contributed by atoms with Gasteiger partial charge in [-0.15, -0.1) is 0 Å². The summed E-state index contributed by atoms with van der Waals surface area (Å²) < 4.78 is 0. The predicted molar refractivity (Wildman–Crippen MR) is 81.0 cm³/mol. The molecular formula is C17H19NO2. The molecule has 1 atom stereocenters. The van der Waals surface area contributed by atoms with Gasteiger partial charge in [0.05, 0.1) is 0 Å². The van der Waals surface area contributed by atoms with E-state index in [2.05, 4.69) is 5.32 Å². The van der Waals surface area contributed by atoms with Gasteiger partial charge in [0.1, 0.15) is 0 Å². The van der Waals surface area contributed by atoms with Crippen LogP contribution in [0.1, 0.15) is 29.7 Å². The Bertz CT molecular complexity index is 607. The molecule has 3 heteroatoms. The van der Waals surface area contributed by atoms with E-state index in [1.54, 1.807) is 0 Å². The van der Waals surface area contributed by atoms with Crippen LogP contribution in [0.3, 0.4) is 0 Å². The van der Waals surface area contributed by atoms with Crippen molar-refractivity contribution in [2.45, 2.75) is 26.3 Å². The van der Waals surface area contributed by atoms with E-state index in [0.717, 1.165) is 28.8 Å². The highest BCUT2D eigenvalue weighted by Crippen LogP contribution is 2.24. The molecule has 0 radical (unpaired) electrons. The number of hydrogen-bond donors (Lipinski definition) is 2. The number of benzene rings is 2. The second-order valence-electron chi connectivity index (χ2n) is 4.84. The van der Waals surface area contributed by atoms with Crippen molar-refractivity contribution in [3.63, 3.8) is 0 Å². The molecule has 0 aliphatic rings. The highest BCUT2D eigenvalue weighted by Gasteiger charge is 2.21. The summed E-state index contributed by atoms with van der Waals surface area (Å²) in [6, 6.07) is 14.7. The van der Waals surface area contributed by atoms with Gasteiger partial charge in [-0.2, -0.15) is 0 Å². The van der Waals surface area contributed by atoms with Crippen LogP contribution in [0, 0.1) is 6.92 Å². The molecule has 0 aliphatic carbocycles. The first-order valence-corrected chi connectivity index (χ1v) is 6.75. The highest BCUT2D eigenvalue weighted by atomic mass is 16.4. The standard InChI is InChI=1S/C17H19NO2/c1-3-13-8-4-5-10-15(13)16(17(19)20)18-14-9-6-7-12(2)11-14/h4-11,16,18H,3H2,1-2H3,(H,19,20). The average Bonchev–Trinajstić information content (AvgIpc) is 2.44. The summed E-state index contributed by atoms with van der Waals surface area (Å²) in [5, 5.41) is 12.6. The summed E-state index contributed by atoms with van der Waals surface area (Å²) in [5.74, 6) is -0.868. The Morgan fingerprint density at radius 3 is 2.60 bits per heavy atom. The van der Waals surface area contributed by atoms with Crippen molar-refractivity contribution in [2.75, 3.05) is 5.32 Å². The van der Waals surface area contributed by atoms with E-state index in [-0.39, 0.29) is 0 Å². The lowest BCUT2D eigenvalue weighted by molar-refractivity contribution is -0.138. The van der Waals surface area contributed by atoms with Crippen LogP contribution in [0.2, 0.25) is 0 Å². The molecule has 0 bridgehead atoms. The zero-order valence-electron chi connectivity index (χ0n) is 11.8. The summed E-state index contributed by atoms with van der Waals surface area (Å²) in [7, 11) is 0. The molecule has 2 aromatic carbocycles. The quantitative estimate of drug-likeness (QED) is 0.868. The van der Waals surface area contributed by atoms with Crippen molar-refractivity contribution in [3.05, 3.63) is 65.2 Å². The van der Waals surface area contributed by atoms with Gasteiger partial charge in [0.15, 0.2) is 6.04 Å². The molecule has 0 saturated carbocycles. The Morgan fingerprint density at radius 1 is 1.20 bits per heavy atom. The van der Waals surface area contributed by atoms with Crippen LogP contribution in [0.25, 0.3) is 0 Å². The SMILES string of the molecule is CCc1ccccc1C(Nc1cccc(C)c1)C(=O)O. The minimum atomic E-state index is -0.868. The third-order valence-corrected chi connectivity index (χ3v) is 3.32. The molecule has 0 aromatic heterocycles. The minimum Gasteiger partial charge on any atom is -0.479 e. The molecule has 2 aromatic rings. The van der Waals surface area contributed by atoms with Crippen LogP contribution in [0.4, 0.5) is 5.69 Å². The maximum atomic E-state index is 11.6. The number of carboxylic acids is 1. The molecule has 0 spiro atoms. The molecule has 0 fully saturated rings. The van der Waals surface area contributed by atoms with E-state index >= 15 is 0 Å². The molecule has 0 aliphatic heterocycles. The van der Waals surface area contributed by atoms with E-state index in [0.29, 0.717) is 0 Å². The maximum Gasteiger partial charge on any atom is 0.330 e. The highest BCUT2D eigenvalue weighted by molar-refractivity contribution is 5.79. The van der Waals surface area contributed by atoms with Crippen molar-refractivity contribution in [2.24, 2.45) is 0 Å². The molecule has 0 heterocycles. The van der Waals surface area contributed by atoms with Crippen molar-refractivity contribution in [1.82, 2.24) is 0 Å². The number of aryl methyl sites for hydroxylation is 2. The molecular weight excluding hydrogens is 250 g/mol. The third kappa shape index (κ3) is 3.18. The number of hydrogen-bond acceptors (Lipinski definition) is 2. The van der Waals surface area contributed by atoms with Crippen LogP contribution in [0.5, 0.6) is 0 Å². The summed E-state index contributed by atoms with van der Waals surface area (Å²) in [4.78, 5) is 11.6. The van der Waals surface area contributed by atoms with Crippen LogP contribution < -0.4 is 5.32 Å². The van der Waals surface area contributed by atoms with Gasteiger partial charge in [0.2, 0.25) is 0 Å². The summed E-state index contributed by atoms with van der Waals surface area (Å²) in [6.07, 6.45) is 0.815. The zero-order valence-corrected chi connectivity index (χ0v) is 11.8. The topological polar surface area (TPSA) is 49.3 Å². The molecule has 0 saturated heterocycles. The van der Waals surface area contributed by atoms with E-state index in [9.17, 15) is 9.90 Å². The van der Waals surface area contributed by atoms with Crippen LogP contribution in [0.15, 0.2) is 48.5 Å². The lowest BCUT2D eigenvalue weighted by Gasteiger charge is -2.19. The van der Waals surface area contributed by atoms with Gasteiger partial charge in [-0.3, -0.25) is 0 Å². The lowest BCUT2D eigenvalue weighted by atomic mass is 9.98. The molecule has 104 valence electrons. The summed E-state index contributed by atoms with van der Waals surface area (Å²) >= 11 is 0. The first kappa shape index (κ1) is 14.1. The molecule has 3 nitrogen and oxygen atoms in total. The molecule has 0 amide bonds. The van der Waals surface area contributed by atoms with E-state index < -0.39 is 12.0 Å². The van der Waals surface area contributed by atoms with Gasteiger partial charge >= 0.3 is 5.97 Å². The number of carboxylic acid groups (broad SMARTS) is 1. The molecule has 2 N–H and O–H groups in total. The Kier molecular flexibility index (Phi) is 4.41. The predicted octanol–water partition coefficient (Wildman–Crippen LogP) is 3.80. The van der Waals surface area contributed by atoms with Crippen molar-refractivity contribution in [3.8, 4) is 0 Å². The lowest BCUT2D eigenvalue weighted by Crippen LogP contribution is -2.21. The Morgan fingerprint density at radius 2 is 1.95 bits per heavy atom. The monoisotopic (exact) mass is 269 g/mol. The zero-order chi connectivity index (χ0) is 14.5. The first-order chi connectivity index (χ1) is 9.61.